The lowest BCUT2D eigenvalue weighted by Crippen LogP contribution is -1.98. The number of phenolic OH excluding ortho intramolecular Hbond substituents is 1. The number of H-pyrrole nitrogens is 1. The number of benzene rings is 3. The van der Waals surface area contributed by atoms with Gasteiger partial charge in [0.25, 0.3) is 11.9 Å². The highest BCUT2D eigenvalue weighted by molar-refractivity contribution is 5.98. The first kappa shape index (κ1) is 25.4. The number of fused-ring (bicyclic) bond motifs is 2. The van der Waals surface area contributed by atoms with Gasteiger partial charge in [0.15, 0.2) is 0 Å². The van der Waals surface area contributed by atoms with Crippen molar-refractivity contribution in [1.82, 2.24) is 20.2 Å². The van der Waals surface area contributed by atoms with Gasteiger partial charge in [-0.2, -0.15) is 10.1 Å². The predicted molar refractivity (Wildman–Crippen MR) is 137 cm³/mol. The summed E-state index contributed by atoms with van der Waals surface area (Å²) < 4.78 is 0. The highest BCUT2D eigenvalue weighted by Crippen LogP contribution is 2.32. The molecular formula is C25H24N6O5. The number of phenols is 1. The molecule has 7 N–H and O–H groups in total. The smallest absolute Gasteiger partial charge is 0.300 e. The van der Waals surface area contributed by atoms with E-state index in [-0.39, 0.29) is 11.7 Å². The molecule has 0 atom stereocenters. The molecular weight excluding hydrogens is 464 g/mol. The fourth-order valence-corrected chi connectivity index (χ4v) is 3.28. The van der Waals surface area contributed by atoms with Crippen molar-refractivity contribution >= 4 is 51.1 Å². The highest BCUT2D eigenvalue weighted by atomic mass is 16.4. The number of aliphatic carboxylic acids is 2. The summed E-state index contributed by atoms with van der Waals surface area (Å²) in [6.07, 6.45) is 1.61. The second-order valence-corrected chi connectivity index (χ2v) is 7.54. The van der Waals surface area contributed by atoms with Gasteiger partial charge in [-0.15, -0.1) is 0 Å². The minimum atomic E-state index is -0.833. The molecule has 0 aliphatic heterocycles. The summed E-state index contributed by atoms with van der Waals surface area (Å²) in [5.74, 6) is -0.584. The fourth-order valence-electron chi connectivity index (χ4n) is 3.28. The van der Waals surface area contributed by atoms with Gasteiger partial charge in [-0.05, 0) is 53.2 Å². The van der Waals surface area contributed by atoms with Crippen molar-refractivity contribution in [1.29, 1.82) is 0 Å². The Labute approximate surface area is 205 Å². The summed E-state index contributed by atoms with van der Waals surface area (Å²) in [5.41, 5.74) is 9.25. The van der Waals surface area contributed by atoms with Crippen LogP contribution >= 0.6 is 0 Å². The van der Waals surface area contributed by atoms with Crippen molar-refractivity contribution in [3.8, 4) is 17.0 Å². The standard InChI is InChI=1S/C21H16N6O.2C2H4O2/c22-21-23-8-7-19(25-21)24-15-4-6-18-17(11-15)20(27-26-18)13-2-1-12-3-5-16(28)10-14(12)9-13;2*1-2(3)4/h1-11,28H,(H,26,27)(H3,22,23,24,25);2*1H3,(H,3,4). The number of hydrogen-bond donors (Lipinski definition) is 6. The number of rotatable bonds is 3. The maximum Gasteiger partial charge on any atom is 0.300 e. The van der Waals surface area contributed by atoms with E-state index >= 15 is 0 Å². The van der Waals surface area contributed by atoms with Crippen molar-refractivity contribution in [2.75, 3.05) is 11.1 Å². The van der Waals surface area contributed by atoms with Gasteiger partial charge >= 0.3 is 0 Å². The Hall–Kier alpha value is -5.19. The lowest BCUT2D eigenvalue weighted by Gasteiger charge is -2.07. The van der Waals surface area contributed by atoms with E-state index in [1.165, 1.54) is 0 Å². The fraction of sp³-hybridized carbons (Fsp3) is 0.0800. The summed E-state index contributed by atoms with van der Waals surface area (Å²) >= 11 is 0. The summed E-state index contributed by atoms with van der Waals surface area (Å²) in [6, 6.07) is 19.1. The molecule has 0 amide bonds. The first-order valence-electron chi connectivity index (χ1n) is 10.6. The van der Waals surface area contributed by atoms with E-state index in [9.17, 15) is 5.11 Å². The van der Waals surface area contributed by atoms with E-state index in [1.54, 1.807) is 24.4 Å². The predicted octanol–water partition coefficient (Wildman–Crippen LogP) is 4.39. The number of aromatic nitrogens is 4. The van der Waals surface area contributed by atoms with Crippen LogP contribution in [0.2, 0.25) is 0 Å². The highest BCUT2D eigenvalue weighted by Gasteiger charge is 2.10. The molecule has 11 nitrogen and oxygen atoms in total. The van der Waals surface area contributed by atoms with E-state index in [4.69, 9.17) is 25.5 Å². The maximum absolute atomic E-state index is 9.77. The van der Waals surface area contributed by atoms with Gasteiger partial charge in [0.1, 0.15) is 11.6 Å². The molecule has 36 heavy (non-hydrogen) atoms. The Kier molecular flexibility index (Phi) is 7.98. The first-order valence-corrected chi connectivity index (χ1v) is 10.6. The number of nitrogen functional groups attached to an aromatic ring is 1. The third-order valence-electron chi connectivity index (χ3n) is 4.61. The van der Waals surface area contributed by atoms with Crippen LogP contribution in [0.5, 0.6) is 5.75 Å². The molecule has 5 aromatic rings. The second kappa shape index (κ2) is 11.3. The molecule has 2 heterocycles. The molecule has 184 valence electrons. The van der Waals surface area contributed by atoms with Gasteiger partial charge in [-0.25, -0.2) is 4.98 Å². The molecule has 0 saturated carbocycles. The van der Waals surface area contributed by atoms with E-state index in [1.807, 2.05) is 42.5 Å². The largest absolute Gasteiger partial charge is 0.508 e. The lowest BCUT2D eigenvalue weighted by atomic mass is 10.0. The molecule has 0 unspecified atom stereocenters. The van der Waals surface area contributed by atoms with E-state index in [0.717, 1.165) is 52.5 Å². The van der Waals surface area contributed by atoms with Crippen molar-refractivity contribution in [3.05, 3.63) is 66.9 Å². The maximum atomic E-state index is 9.77. The van der Waals surface area contributed by atoms with E-state index < -0.39 is 11.9 Å². The number of carboxylic acids is 2. The number of nitrogens with two attached hydrogens (primary N) is 1. The van der Waals surface area contributed by atoms with Crippen LogP contribution in [0.4, 0.5) is 17.5 Å². The Bertz CT molecular complexity index is 1510. The summed E-state index contributed by atoms with van der Waals surface area (Å²) in [7, 11) is 0. The Balaban J connectivity index is 0.000000398. The van der Waals surface area contributed by atoms with Crippen LogP contribution in [0.25, 0.3) is 32.9 Å². The summed E-state index contributed by atoms with van der Waals surface area (Å²) in [4.78, 5) is 26.1. The topological polar surface area (TPSA) is 187 Å². The van der Waals surface area contributed by atoms with Gasteiger partial charge in [-0.1, -0.05) is 18.2 Å². The zero-order valence-corrected chi connectivity index (χ0v) is 19.4. The average Bonchev–Trinajstić information content (AvgIpc) is 3.21. The SMILES string of the molecule is CC(=O)O.CC(=O)O.Nc1nccc(Nc2ccc3[nH]nc(-c4ccc5ccc(O)cc5c4)c3c2)n1. The minimum absolute atomic E-state index is 0.217. The molecule has 0 fully saturated rings. The van der Waals surface area contributed by atoms with E-state index in [2.05, 4.69) is 25.5 Å². The van der Waals surface area contributed by atoms with Gasteiger partial charge in [0, 0.05) is 36.7 Å². The van der Waals surface area contributed by atoms with Crippen molar-refractivity contribution in [2.45, 2.75) is 13.8 Å². The zero-order chi connectivity index (χ0) is 26.2. The molecule has 11 heteroatoms. The molecule has 5 rings (SSSR count). The zero-order valence-electron chi connectivity index (χ0n) is 19.4. The third-order valence-corrected chi connectivity index (χ3v) is 4.61. The Morgan fingerprint density at radius 1 is 0.917 bits per heavy atom. The molecule has 0 bridgehead atoms. The molecule has 0 spiro atoms. The van der Waals surface area contributed by atoms with Gasteiger partial charge in [0.05, 0.1) is 11.2 Å². The van der Waals surface area contributed by atoms with Crippen LogP contribution in [-0.4, -0.2) is 47.4 Å². The molecule has 0 radical (unpaired) electrons. The number of aromatic hydroxyl groups is 1. The monoisotopic (exact) mass is 488 g/mol. The second-order valence-electron chi connectivity index (χ2n) is 7.54. The van der Waals surface area contributed by atoms with Crippen LogP contribution in [0.3, 0.4) is 0 Å². The summed E-state index contributed by atoms with van der Waals surface area (Å²) in [5, 5.41) is 38.4. The average molecular weight is 489 g/mol. The molecule has 0 aliphatic carbocycles. The van der Waals surface area contributed by atoms with E-state index in [0.29, 0.717) is 5.82 Å². The molecule has 0 aliphatic rings. The van der Waals surface area contributed by atoms with Crippen LogP contribution in [-0.2, 0) is 9.59 Å². The van der Waals surface area contributed by atoms with Crippen molar-refractivity contribution in [2.24, 2.45) is 0 Å². The molecule has 0 saturated heterocycles. The number of nitrogens with zero attached hydrogens (tertiary/aromatic N) is 3. The number of hydrogen-bond acceptors (Lipinski definition) is 8. The van der Waals surface area contributed by atoms with Crippen LogP contribution < -0.4 is 11.1 Å². The van der Waals surface area contributed by atoms with Crippen LogP contribution in [0.1, 0.15) is 13.8 Å². The first-order chi connectivity index (χ1) is 17.1. The van der Waals surface area contributed by atoms with Gasteiger partial charge in [0.2, 0.25) is 5.95 Å². The number of carboxylic acid groups (broad SMARTS) is 2. The molecule has 3 aromatic carbocycles. The van der Waals surface area contributed by atoms with Crippen LogP contribution in [0.15, 0.2) is 66.9 Å². The van der Waals surface area contributed by atoms with Crippen LogP contribution in [0, 0.1) is 0 Å². The third kappa shape index (κ3) is 6.90. The van der Waals surface area contributed by atoms with Gasteiger partial charge < -0.3 is 26.4 Å². The number of aromatic amines is 1. The van der Waals surface area contributed by atoms with Crippen molar-refractivity contribution < 1.29 is 24.9 Å². The van der Waals surface area contributed by atoms with Gasteiger partial charge in [-0.3, -0.25) is 14.7 Å². The van der Waals surface area contributed by atoms with Crippen molar-refractivity contribution in [3.63, 3.8) is 0 Å². The Morgan fingerprint density at radius 3 is 2.31 bits per heavy atom. The number of carbonyl (C=O) groups is 2. The normalized spacial score (nSPS) is 10.1. The summed E-state index contributed by atoms with van der Waals surface area (Å²) in [6.45, 7) is 2.17. The number of nitrogens with one attached hydrogen (secondary N) is 2. The number of anilines is 3. The molecule has 2 aromatic heterocycles. The lowest BCUT2D eigenvalue weighted by molar-refractivity contribution is -0.135. The minimum Gasteiger partial charge on any atom is -0.508 e. The Morgan fingerprint density at radius 2 is 1.61 bits per heavy atom. The quantitative estimate of drug-likeness (QED) is 0.213.